The number of nitrogens with one attached hydrogen (secondary N) is 1. The molecule has 1 heterocycles. The van der Waals surface area contributed by atoms with Crippen molar-refractivity contribution in [3.8, 4) is 12.1 Å². The van der Waals surface area contributed by atoms with Crippen LogP contribution in [0.15, 0.2) is 12.4 Å². The average molecular weight is 203 g/mol. The maximum atomic E-state index is 8.43. The lowest BCUT2D eigenvalue weighted by Crippen LogP contribution is -2.36. The SMILES string of the molecule is N#CCCCc1[nH]cc[n+]1CCCC#N. The molecule has 0 fully saturated rings. The molecule has 0 saturated heterocycles. The van der Waals surface area contributed by atoms with Crippen LogP contribution in [0, 0.1) is 22.7 Å². The molecule has 0 aliphatic heterocycles. The minimum Gasteiger partial charge on any atom is -0.248 e. The monoisotopic (exact) mass is 203 g/mol. The highest BCUT2D eigenvalue weighted by Gasteiger charge is 2.08. The molecule has 15 heavy (non-hydrogen) atoms. The minimum absolute atomic E-state index is 0.593. The predicted molar refractivity (Wildman–Crippen MR) is 54.4 cm³/mol. The first kappa shape index (κ1) is 11.3. The maximum Gasteiger partial charge on any atom is 0.254 e. The van der Waals surface area contributed by atoms with Crippen LogP contribution < -0.4 is 4.57 Å². The zero-order valence-electron chi connectivity index (χ0n) is 8.74. The van der Waals surface area contributed by atoms with E-state index in [1.807, 2.05) is 12.4 Å². The van der Waals surface area contributed by atoms with Gasteiger partial charge in [0.1, 0.15) is 12.4 Å². The van der Waals surface area contributed by atoms with Crippen molar-refractivity contribution < 1.29 is 4.57 Å². The number of nitriles is 2. The summed E-state index contributed by atoms with van der Waals surface area (Å²) in [5, 5.41) is 16.9. The van der Waals surface area contributed by atoms with E-state index < -0.39 is 0 Å². The Morgan fingerprint density at radius 2 is 1.93 bits per heavy atom. The molecule has 0 spiro atoms. The van der Waals surface area contributed by atoms with Crippen LogP contribution in [0.1, 0.15) is 31.5 Å². The quantitative estimate of drug-likeness (QED) is 0.561. The molecule has 4 heteroatoms. The minimum atomic E-state index is 0.593. The van der Waals surface area contributed by atoms with Crippen LogP contribution in [0.2, 0.25) is 0 Å². The Bertz CT molecular complexity index is 332. The summed E-state index contributed by atoms with van der Waals surface area (Å²) in [7, 11) is 0. The maximum absolute atomic E-state index is 8.43. The Morgan fingerprint density at radius 3 is 2.67 bits per heavy atom. The van der Waals surface area contributed by atoms with Gasteiger partial charge in [-0.25, -0.2) is 9.55 Å². The van der Waals surface area contributed by atoms with Gasteiger partial charge in [0.25, 0.3) is 5.82 Å². The van der Waals surface area contributed by atoms with Gasteiger partial charge in [-0.2, -0.15) is 10.5 Å². The number of hydrogen-bond acceptors (Lipinski definition) is 2. The van der Waals surface area contributed by atoms with Crippen LogP contribution in [0.5, 0.6) is 0 Å². The van der Waals surface area contributed by atoms with Crippen molar-refractivity contribution in [1.82, 2.24) is 4.98 Å². The van der Waals surface area contributed by atoms with Crippen LogP contribution in [-0.4, -0.2) is 4.98 Å². The van der Waals surface area contributed by atoms with Crippen LogP contribution in [0.3, 0.4) is 0 Å². The molecule has 0 unspecified atom stereocenters. The summed E-state index contributed by atoms with van der Waals surface area (Å²) in [5.41, 5.74) is 0. The van der Waals surface area contributed by atoms with E-state index in [1.165, 1.54) is 0 Å². The number of aryl methyl sites for hydroxylation is 2. The van der Waals surface area contributed by atoms with Crippen molar-refractivity contribution in [2.45, 2.75) is 38.6 Å². The normalized spacial score (nSPS) is 9.47. The lowest BCUT2D eigenvalue weighted by atomic mass is 10.2. The molecule has 0 atom stereocenters. The summed E-state index contributed by atoms with van der Waals surface area (Å²) in [6.07, 6.45) is 7.73. The predicted octanol–water partition coefficient (Wildman–Crippen LogP) is 1.45. The molecular formula is C11H15N4+. The lowest BCUT2D eigenvalue weighted by Gasteiger charge is -1.97. The van der Waals surface area contributed by atoms with Gasteiger partial charge in [-0.15, -0.1) is 0 Å². The van der Waals surface area contributed by atoms with Crippen LogP contribution in [0.4, 0.5) is 0 Å². The van der Waals surface area contributed by atoms with Gasteiger partial charge in [0, 0.05) is 12.8 Å². The summed E-state index contributed by atoms with van der Waals surface area (Å²) in [4.78, 5) is 3.16. The van der Waals surface area contributed by atoms with Gasteiger partial charge in [-0.3, -0.25) is 0 Å². The lowest BCUT2D eigenvalue weighted by molar-refractivity contribution is -0.703. The third kappa shape index (κ3) is 3.83. The second kappa shape index (κ2) is 6.62. The Morgan fingerprint density at radius 1 is 1.20 bits per heavy atom. The van der Waals surface area contributed by atoms with Crippen molar-refractivity contribution in [2.75, 3.05) is 0 Å². The highest BCUT2D eigenvalue weighted by atomic mass is 15.1. The highest BCUT2D eigenvalue weighted by Crippen LogP contribution is 1.97. The Balaban J connectivity index is 2.40. The van der Waals surface area contributed by atoms with E-state index in [1.54, 1.807) is 0 Å². The molecule has 0 aliphatic carbocycles. The van der Waals surface area contributed by atoms with Crippen molar-refractivity contribution in [3.63, 3.8) is 0 Å². The first-order chi connectivity index (χ1) is 7.38. The van der Waals surface area contributed by atoms with E-state index in [9.17, 15) is 0 Å². The van der Waals surface area contributed by atoms with Crippen LogP contribution >= 0.6 is 0 Å². The zero-order chi connectivity index (χ0) is 10.9. The van der Waals surface area contributed by atoms with Gasteiger partial charge in [0.05, 0.1) is 25.1 Å². The Hall–Kier alpha value is -1.81. The molecule has 4 nitrogen and oxygen atoms in total. The highest BCUT2D eigenvalue weighted by molar-refractivity contribution is 4.80. The number of nitrogens with zero attached hydrogens (tertiary/aromatic N) is 3. The summed E-state index contributed by atoms with van der Waals surface area (Å²) >= 11 is 0. The number of hydrogen-bond donors (Lipinski definition) is 1. The molecule has 78 valence electrons. The van der Waals surface area contributed by atoms with Crippen LogP contribution in [-0.2, 0) is 13.0 Å². The fourth-order valence-electron chi connectivity index (χ4n) is 1.48. The molecule has 1 aromatic rings. The van der Waals surface area contributed by atoms with Crippen molar-refractivity contribution >= 4 is 0 Å². The molecule has 0 aromatic carbocycles. The van der Waals surface area contributed by atoms with Crippen molar-refractivity contribution in [1.29, 1.82) is 10.5 Å². The topological polar surface area (TPSA) is 67.2 Å². The molecule has 0 amide bonds. The fraction of sp³-hybridized carbons (Fsp3) is 0.545. The fourth-order valence-corrected chi connectivity index (χ4v) is 1.48. The number of aromatic amines is 1. The summed E-state index contributed by atoms with van der Waals surface area (Å²) in [5.74, 6) is 1.14. The average Bonchev–Trinajstić information content (AvgIpc) is 2.67. The first-order valence-electron chi connectivity index (χ1n) is 5.18. The van der Waals surface area contributed by atoms with E-state index in [0.29, 0.717) is 12.8 Å². The standard InChI is InChI=1S/C11H14N4/c12-6-2-1-5-11-14-8-10-15(11)9-4-3-7-13/h8,10H,1-5,9H2/p+1. The van der Waals surface area contributed by atoms with E-state index in [-0.39, 0.29) is 0 Å². The van der Waals surface area contributed by atoms with Gasteiger partial charge >= 0.3 is 0 Å². The number of unbranched alkanes of at least 4 members (excludes halogenated alkanes) is 2. The molecule has 0 saturated carbocycles. The number of aromatic nitrogens is 2. The molecule has 0 aliphatic rings. The third-order valence-corrected chi connectivity index (χ3v) is 2.24. The summed E-state index contributed by atoms with van der Waals surface area (Å²) < 4.78 is 2.12. The largest absolute Gasteiger partial charge is 0.254 e. The van der Waals surface area contributed by atoms with Gasteiger partial charge in [0.15, 0.2) is 0 Å². The molecule has 1 aromatic heterocycles. The number of H-pyrrole nitrogens is 1. The Kier molecular flexibility index (Phi) is 4.97. The van der Waals surface area contributed by atoms with Gasteiger partial charge < -0.3 is 0 Å². The zero-order valence-corrected chi connectivity index (χ0v) is 8.74. The van der Waals surface area contributed by atoms with Gasteiger partial charge in [0.2, 0.25) is 0 Å². The van der Waals surface area contributed by atoms with Gasteiger partial charge in [-0.05, 0) is 12.8 Å². The molecule has 1 rings (SSSR count). The van der Waals surface area contributed by atoms with Crippen molar-refractivity contribution in [2.24, 2.45) is 0 Å². The van der Waals surface area contributed by atoms with Gasteiger partial charge in [-0.1, -0.05) is 0 Å². The Labute approximate surface area is 89.8 Å². The second-order valence-corrected chi connectivity index (χ2v) is 3.37. The van der Waals surface area contributed by atoms with E-state index in [2.05, 4.69) is 21.7 Å². The number of rotatable bonds is 6. The molecular weight excluding hydrogens is 188 g/mol. The summed E-state index contributed by atoms with van der Waals surface area (Å²) in [6.45, 7) is 0.874. The second-order valence-electron chi connectivity index (χ2n) is 3.37. The first-order valence-corrected chi connectivity index (χ1v) is 5.18. The van der Waals surface area contributed by atoms with E-state index >= 15 is 0 Å². The van der Waals surface area contributed by atoms with E-state index in [0.717, 1.165) is 31.6 Å². The van der Waals surface area contributed by atoms with E-state index in [4.69, 9.17) is 10.5 Å². The molecule has 0 radical (unpaired) electrons. The van der Waals surface area contributed by atoms with Crippen molar-refractivity contribution in [3.05, 3.63) is 18.2 Å². The van der Waals surface area contributed by atoms with Crippen LogP contribution in [0.25, 0.3) is 0 Å². The summed E-state index contributed by atoms with van der Waals surface area (Å²) in [6, 6.07) is 4.27. The number of imidazole rings is 1. The third-order valence-electron chi connectivity index (χ3n) is 2.24. The molecule has 0 bridgehead atoms. The smallest absolute Gasteiger partial charge is 0.248 e. The molecule has 1 N–H and O–H groups in total.